The van der Waals surface area contributed by atoms with Crippen molar-refractivity contribution in [1.82, 2.24) is 0 Å². The molecule has 0 aliphatic rings. The Hall–Kier alpha value is -7.04. The molecule has 0 heterocycles. The summed E-state index contributed by atoms with van der Waals surface area (Å²) in [6.07, 6.45) is 0. The van der Waals surface area contributed by atoms with Crippen LogP contribution in [-0.4, -0.2) is 50.1 Å². The maximum absolute atomic E-state index is 13.4. The summed E-state index contributed by atoms with van der Waals surface area (Å²) >= 11 is 0. The van der Waals surface area contributed by atoms with Gasteiger partial charge >= 0.3 is 11.9 Å². The number of amides is 2. The molecule has 0 spiro atoms. The van der Waals surface area contributed by atoms with E-state index >= 15 is 0 Å². The predicted octanol–water partition coefficient (Wildman–Crippen LogP) is 8.46. The largest absolute Gasteiger partial charge is 0.497 e. The number of benzene rings is 6. The molecular formula is C46H40N2O8. The molecule has 6 rings (SSSR count). The first-order valence-electron chi connectivity index (χ1n) is 17.7. The number of nitrogens with zero attached hydrogens (tertiary/aromatic N) is 2. The number of rotatable bonds is 11. The first-order chi connectivity index (χ1) is 26.9. The van der Waals surface area contributed by atoms with Crippen molar-refractivity contribution in [3.63, 3.8) is 0 Å². The van der Waals surface area contributed by atoms with Crippen LogP contribution in [0.1, 0.15) is 58.1 Å². The molecule has 6 aromatic rings. The topological polar surface area (TPSA) is 123 Å². The lowest BCUT2D eigenvalue weighted by atomic mass is 9.99. The second kappa shape index (κ2) is 17.0. The van der Waals surface area contributed by atoms with Gasteiger partial charge in [0.2, 0.25) is 0 Å². The van der Waals surface area contributed by atoms with Crippen molar-refractivity contribution in [3.8, 4) is 28.4 Å². The zero-order valence-corrected chi connectivity index (χ0v) is 31.6. The van der Waals surface area contributed by atoms with Crippen LogP contribution in [0.2, 0.25) is 0 Å². The van der Waals surface area contributed by atoms with Crippen molar-refractivity contribution in [1.29, 1.82) is 0 Å². The third-order valence-corrected chi connectivity index (χ3v) is 9.38. The molecule has 0 aliphatic heterocycles. The standard InChI is InChI=1S/C46H40N2O8/c1-29-26-36(16-24-41(29)47(3)43(50)32-10-20-39(21-11-32)55-45(52)34-8-6-31(28-49)7-9-34)37-17-25-42(30(2)27-37)48(4)44(51)33-12-22-40(23-13-33)56-46(53)35-14-18-38(54-5)19-15-35/h6-27,49H,28H2,1-5H3. The molecule has 282 valence electrons. The molecule has 0 fully saturated rings. The van der Waals surface area contributed by atoms with Crippen LogP contribution in [0.25, 0.3) is 11.1 Å². The van der Waals surface area contributed by atoms with Gasteiger partial charge in [0, 0.05) is 36.6 Å². The molecule has 0 bridgehead atoms. The van der Waals surface area contributed by atoms with Gasteiger partial charge in [-0.3, -0.25) is 9.59 Å². The summed E-state index contributed by atoms with van der Waals surface area (Å²) in [4.78, 5) is 55.1. The molecule has 0 saturated carbocycles. The van der Waals surface area contributed by atoms with Crippen molar-refractivity contribution in [2.45, 2.75) is 20.5 Å². The smallest absolute Gasteiger partial charge is 0.343 e. The molecule has 0 aliphatic carbocycles. The van der Waals surface area contributed by atoms with Crippen molar-refractivity contribution in [2.24, 2.45) is 0 Å². The number of hydrogen-bond donors (Lipinski definition) is 1. The molecule has 56 heavy (non-hydrogen) atoms. The zero-order chi connectivity index (χ0) is 39.9. The summed E-state index contributed by atoms with van der Waals surface area (Å²) < 4.78 is 16.1. The number of esters is 2. The number of aryl methyl sites for hydroxylation is 2. The normalized spacial score (nSPS) is 10.7. The van der Waals surface area contributed by atoms with Crippen LogP contribution in [0.4, 0.5) is 11.4 Å². The Bertz CT molecular complexity index is 2220. The summed E-state index contributed by atoms with van der Waals surface area (Å²) in [6.45, 7) is 3.77. The van der Waals surface area contributed by atoms with E-state index in [0.29, 0.717) is 45.1 Å². The fraction of sp³-hybridized carbons (Fsp3) is 0.130. The van der Waals surface area contributed by atoms with Gasteiger partial charge < -0.3 is 29.1 Å². The van der Waals surface area contributed by atoms with Gasteiger partial charge in [0.25, 0.3) is 11.8 Å². The van der Waals surface area contributed by atoms with Crippen molar-refractivity contribution >= 4 is 35.1 Å². The Morgan fingerprint density at radius 1 is 0.500 bits per heavy atom. The average molecular weight is 749 g/mol. The molecule has 2 amide bonds. The van der Waals surface area contributed by atoms with Crippen molar-refractivity contribution < 1.29 is 38.5 Å². The summed E-state index contributed by atoms with van der Waals surface area (Å²) in [5.41, 5.74) is 7.45. The third-order valence-electron chi connectivity index (χ3n) is 9.38. The second-order valence-corrected chi connectivity index (χ2v) is 13.1. The van der Waals surface area contributed by atoms with E-state index in [1.165, 1.54) is 0 Å². The predicted molar refractivity (Wildman–Crippen MR) is 215 cm³/mol. The van der Waals surface area contributed by atoms with Gasteiger partial charge in [0.15, 0.2) is 0 Å². The molecule has 1 N–H and O–H groups in total. The third kappa shape index (κ3) is 8.67. The summed E-state index contributed by atoms with van der Waals surface area (Å²) in [5.74, 6) is -0.245. The molecule has 10 heteroatoms. The maximum atomic E-state index is 13.4. The van der Waals surface area contributed by atoms with Gasteiger partial charge in [-0.25, -0.2) is 9.59 Å². The van der Waals surface area contributed by atoms with E-state index in [1.807, 2.05) is 50.2 Å². The molecular weight excluding hydrogens is 709 g/mol. The number of hydrogen-bond acceptors (Lipinski definition) is 8. The molecule has 0 saturated heterocycles. The van der Waals surface area contributed by atoms with E-state index in [-0.39, 0.29) is 18.4 Å². The Kier molecular flexibility index (Phi) is 11.7. The highest BCUT2D eigenvalue weighted by Gasteiger charge is 2.19. The monoisotopic (exact) mass is 748 g/mol. The van der Waals surface area contributed by atoms with Crippen LogP contribution in [0.15, 0.2) is 133 Å². The van der Waals surface area contributed by atoms with Gasteiger partial charge in [0.1, 0.15) is 17.2 Å². The first kappa shape index (κ1) is 38.7. The molecule has 0 unspecified atom stereocenters. The van der Waals surface area contributed by atoms with Gasteiger partial charge in [-0.2, -0.15) is 0 Å². The van der Waals surface area contributed by atoms with Gasteiger partial charge in [-0.05, 0) is 151 Å². The quantitative estimate of drug-likeness (QED) is 0.103. The number of ether oxygens (including phenoxy) is 3. The number of carbonyl (C=O) groups is 4. The van der Waals surface area contributed by atoms with Crippen LogP contribution in [-0.2, 0) is 6.61 Å². The fourth-order valence-electron chi connectivity index (χ4n) is 6.17. The van der Waals surface area contributed by atoms with Crippen LogP contribution in [0, 0.1) is 13.8 Å². The molecule has 10 nitrogen and oxygen atoms in total. The van der Waals surface area contributed by atoms with E-state index in [9.17, 15) is 24.3 Å². The maximum Gasteiger partial charge on any atom is 0.343 e. The number of carbonyl (C=O) groups excluding carboxylic acids is 4. The average Bonchev–Trinajstić information content (AvgIpc) is 3.23. The lowest BCUT2D eigenvalue weighted by molar-refractivity contribution is 0.0725. The van der Waals surface area contributed by atoms with Crippen molar-refractivity contribution in [3.05, 3.63) is 172 Å². The van der Waals surface area contributed by atoms with Crippen LogP contribution >= 0.6 is 0 Å². The first-order valence-corrected chi connectivity index (χ1v) is 17.7. The minimum absolute atomic E-state index is 0.116. The number of aliphatic hydroxyl groups is 1. The Labute approximate surface area is 325 Å². The number of anilines is 2. The minimum atomic E-state index is -0.540. The van der Waals surface area contributed by atoms with Gasteiger partial charge in [0.05, 0.1) is 24.8 Å². The number of aliphatic hydroxyl groups excluding tert-OH is 1. The Morgan fingerprint density at radius 3 is 1.21 bits per heavy atom. The molecule has 0 aromatic heterocycles. The Morgan fingerprint density at radius 2 is 0.857 bits per heavy atom. The number of methoxy groups -OCH3 is 1. The summed E-state index contributed by atoms with van der Waals surface area (Å²) in [5, 5.41) is 9.21. The lowest BCUT2D eigenvalue weighted by Gasteiger charge is -2.22. The van der Waals surface area contributed by atoms with Gasteiger partial charge in [-0.1, -0.05) is 24.3 Å². The zero-order valence-electron chi connectivity index (χ0n) is 31.6. The minimum Gasteiger partial charge on any atom is -0.497 e. The van der Waals surface area contributed by atoms with E-state index < -0.39 is 11.9 Å². The highest BCUT2D eigenvalue weighted by molar-refractivity contribution is 6.07. The SMILES string of the molecule is COc1ccc(C(=O)Oc2ccc(C(=O)N(C)c3ccc(-c4ccc(N(C)C(=O)c5ccc(OC(=O)c6ccc(CO)cc6)cc5)c(C)c4)cc3C)cc2)cc1. The van der Waals surface area contributed by atoms with Crippen LogP contribution in [0.3, 0.4) is 0 Å². The molecule has 0 atom stereocenters. The summed E-state index contributed by atoms with van der Waals surface area (Å²) in [7, 11) is 4.98. The second-order valence-electron chi connectivity index (χ2n) is 13.1. The highest BCUT2D eigenvalue weighted by atomic mass is 16.5. The van der Waals surface area contributed by atoms with E-state index in [1.54, 1.807) is 128 Å². The fourth-order valence-corrected chi connectivity index (χ4v) is 6.17. The lowest BCUT2D eigenvalue weighted by Crippen LogP contribution is -2.27. The molecule has 6 aromatic carbocycles. The highest BCUT2D eigenvalue weighted by Crippen LogP contribution is 2.31. The van der Waals surface area contributed by atoms with Crippen LogP contribution in [0.5, 0.6) is 17.2 Å². The van der Waals surface area contributed by atoms with E-state index in [0.717, 1.165) is 33.6 Å². The summed E-state index contributed by atoms with van der Waals surface area (Å²) in [6, 6.07) is 37.6. The van der Waals surface area contributed by atoms with Crippen molar-refractivity contribution in [2.75, 3.05) is 31.0 Å². The van der Waals surface area contributed by atoms with Gasteiger partial charge in [-0.15, -0.1) is 0 Å². The van der Waals surface area contributed by atoms with Crippen LogP contribution < -0.4 is 24.0 Å². The van der Waals surface area contributed by atoms with E-state index in [4.69, 9.17) is 14.2 Å². The van der Waals surface area contributed by atoms with E-state index in [2.05, 4.69) is 0 Å². The Balaban J connectivity index is 1.07. The molecule has 0 radical (unpaired) electrons.